The highest BCUT2D eigenvalue weighted by Gasteiger charge is 2.33. The van der Waals surface area contributed by atoms with Crippen LogP contribution in [0.2, 0.25) is 0 Å². The van der Waals surface area contributed by atoms with E-state index in [-0.39, 0.29) is 19.1 Å². The molecule has 0 bridgehead atoms. The maximum absolute atomic E-state index is 12.0. The van der Waals surface area contributed by atoms with Crippen molar-refractivity contribution >= 4 is 12.0 Å². The number of carboxylic acids is 1. The van der Waals surface area contributed by atoms with Gasteiger partial charge in [0.15, 0.2) is 0 Å². The molecule has 0 heterocycles. The fourth-order valence-electron chi connectivity index (χ4n) is 1.65. The predicted molar refractivity (Wildman–Crippen MR) is 60.2 cm³/mol. The number of urea groups is 1. The van der Waals surface area contributed by atoms with E-state index in [4.69, 9.17) is 5.11 Å². The van der Waals surface area contributed by atoms with Gasteiger partial charge in [-0.15, -0.1) is 6.58 Å². The minimum atomic E-state index is -0.998. The van der Waals surface area contributed by atoms with Crippen LogP contribution in [0.5, 0.6) is 0 Å². The van der Waals surface area contributed by atoms with Crippen LogP contribution in [-0.4, -0.2) is 52.6 Å². The van der Waals surface area contributed by atoms with Crippen LogP contribution < -0.4 is 0 Å². The third-order valence-electron chi connectivity index (χ3n) is 2.52. The van der Waals surface area contributed by atoms with E-state index in [0.717, 1.165) is 12.8 Å². The van der Waals surface area contributed by atoms with E-state index in [1.165, 1.54) is 4.90 Å². The molecule has 5 nitrogen and oxygen atoms in total. The maximum atomic E-state index is 12.0. The number of nitrogens with zero attached hydrogens (tertiary/aromatic N) is 2. The largest absolute Gasteiger partial charge is 0.480 e. The molecule has 1 rings (SSSR count). The van der Waals surface area contributed by atoms with Gasteiger partial charge in [0.1, 0.15) is 6.54 Å². The van der Waals surface area contributed by atoms with Gasteiger partial charge in [-0.1, -0.05) is 6.08 Å². The Balaban J connectivity index is 2.63. The number of carboxylic acid groups (broad SMARTS) is 1. The highest BCUT2D eigenvalue weighted by Crippen LogP contribution is 2.27. The summed E-state index contributed by atoms with van der Waals surface area (Å²) in [6.07, 6.45) is 3.59. The monoisotopic (exact) mass is 226 g/mol. The van der Waals surface area contributed by atoms with Crippen LogP contribution in [-0.2, 0) is 4.79 Å². The Morgan fingerprint density at radius 1 is 1.50 bits per heavy atom. The van der Waals surface area contributed by atoms with Crippen molar-refractivity contribution in [3.63, 3.8) is 0 Å². The summed E-state index contributed by atoms with van der Waals surface area (Å²) in [4.78, 5) is 25.7. The Bertz CT molecular complexity index is 287. The molecule has 0 saturated heterocycles. The van der Waals surface area contributed by atoms with Crippen molar-refractivity contribution in [3.05, 3.63) is 12.7 Å². The van der Waals surface area contributed by atoms with Crippen LogP contribution >= 0.6 is 0 Å². The second-order valence-corrected chi connectivity index (χ2v) is 3.86. The molecule has 0 aromatic heterocycles. The van der Waals surface area contributed by atoms with Crippen molar-refractivity contribution in [3.8, 4) is 0 Å². The van der Waals surface area contributed by atoms with Crippen molar-refractivity contribution in [1.29, 1.82) is 0 Å². The SMILES string of the molecule is C=CCN(CC(=O)O)C(=O)N(CC)C1CC1. The van der Waals surface area contributed by atoms with Gasteiger partial charge in [0.25, 0.3) is 0 Å². The van der Waals surface area contributed by atoms with Crippen molar-refractivity contribution < 1.29 is 14.7 Å². The van der Waals surface area contributed by atoms with E-state index in [1.807, 2.05) is 6.92 Å². The molecule has 2 amide bonds. The van der Waals surface area contributed by atoms with Crippen LogP contribution in [0.4, 0.5) is 4.79 Å². The zero-order valence-electron chi connectivity index (χ0n) is 9.56. The minimum Gasteiger partial charge on any atom is -0.480 e. The molecule has 0 unspecified atom stereocenters. The Morgan fingerprint density at radius 2 is 2.12 bits per heavy atom. The molecule has 1 saturated carbocycles. The summed E-state index contributed by atoms with van der Waals surface area (Å²) in [5.74, 6) is -0.998. The molecular weight excluding hydrogens is 208 g/mol. The van der Waals surface area contributed by atoms with Gasteiger partial charge in [-0.25, -0.2) is 4.79 Å². The zero-order valence-corrected chi connectivity index (χ0v) is 9.56. The number of rotatable bonds is 6. The fraction of sp³-hybridized carbons (Fsp3) is 0.636. The number of carbonyl (C=O) groups excluding carboxylic acids is 1. The van der Waals surface area contributed by atoms with Gasteiger partial charge in [-0.2, -0.15) is 0 Å². The summed E-state index contributed by atoms with van der Waals surface area (Å²) < 4.78 is 0. The van der Waals surface area contributed by atoms with Crippen molar-refractivity contribution in [1.82, 2.24) is 9.80 Å². The topological polar surface area (TPSA) is 60.9 Å². The van der Waals surface area contributed by atoms with E-state index >= 15 is 0 Å². The number of carbonyl (C=O) groups is 2. The van der Waals surface area contributed by atoms with Crippen molar-refractivity contribution in [2.45, 2.75) is 25.8 Å². The fourth-order valence-corrected chi connectivity index (χ4v) is 1.65. The van der Waals surface area contributed by atoms with Crippen LogP contribution in [0.3, 0.4) is 0 Å². The molecule has 0 radical (unpaired) electrons. The van der Waals surface area contributed by atoms with Crippen LogP contribution in [0.1, 0.15) is 19.8 Å². The van der Waals surface area contributed by atoms with E-state index in [0.29, 0.717) is 12.6 Å². The lowest BCUT2D eigenvalue weighted by Gasteiger charge is -2.28. The van der Waals surface area contributed by atoms with Gasteiger partial charge >= 0.3 is 12.0 Å². The van der Waals surface area contributed by atoms with Crippen LogP contribution in [0, 0.1) is 0 Å². The molecule has 1 fully saturated rings. The summed E-state index contributed by atoms with van der Waals surface area (Å²) in [5.41, 5.74) is 0. The summed E-state index contributed by atoms with van der Waals surface area (Å²) in [7, 11) is 0. The lowest BCUT2D eigenvalue weighted by molar-refractivity contribution is -0.137. The predicted octanol–water partition coefficient (Wildman–Crippen LogP) is 1.16. The Labute approximate surface area is 95.3 Å². The highest BCUT2D eigenvalue weighted by atomic mass is 16.4. The standard InChI is InChI=1S/C11H18N2O3/c1-3-7-12(8-10(14)15)11(16)13(4-2)9-5-6-9/h3,9H,1,4-8H2,2H3,(H,14,15). The molecule has 0 aliphatic heterocycles. The average Bonchev–Trinajstić information content (AvgIpc) is 3.01. The lowest BCUT2D eigenvalue weighted by Crippen LogP contribution is -2.46. The molecule has 16 heavy (non-hydrogen) atoms. The summed E-state index contributed by atoms with van der Waals surface area (Å²) in [6, 6.07) is 0.103. The Morgan fingerprint density at radius 3 is 2.50 bits per heavy atom. The molecule has 0 spiro atoms. The van der Waals surface area contributed by atoms with Gasteiger partial charge < -0.3 is 14.9 Å². The van der Waals surface area contributed by atoms with Gasteiger partial charge in [0, 0.05) is 19.1 Å². The molecule has 90 valence electrons. The lowest BCUT2D eigenvalue weighted by atomic mass is 10.4. The molecule has 0 aromatic rings. The Kier molecular flexibility index (Phi) is 4.34. The van der Waals surface area contributed by atoms with Gasteiger partial charge in [-0.05, 0) is 19.8 Å². The second-order valence-electron chi connectivity index (χ2n) is 3.86. The first kappa shape index (κ1) is 12.5. The number of amides is 2. The minimum absolute atomic E-state index is 0.202. The van der Waals surface area contributed by atoms with Gasteiger partial charge in [0.05, 0.1) is 0 Å². The first-order valence-electron chi connectivity index (χ1n) is 5.48. The van der Waals surface area contributed by atoms with Gasteiger partial charge in [-0.3, -0.25) is 4.79 Å². The number of aliphatic carboxylic acids is 1. The first-order chi connectivity index (χ1) is 7.60. The molecule has 1 aliphatic carbocycles. The van der Waals surface area contributed by atoms with E-state index in [1.54, 1.807) is 11.0 Å². The summed E-state index contributed by atoms with van der Waals surface area (Å²) >= 11 is 0. The molecule has 0 atom stereocenters. The highest BCUT2D eigenvalue weighted by molar-refractivity contribution is 5.80. The maximum Gasteiger partial charge on any atom is 0.323 e. The molecule has 0 aromatic carbocycles. The molecule has 1 aliphatic rings. The summed E-state index contributed by atoms with van der Waals surface area (Å²) in [5, 5.41) is 8.72. The molecule has 1 N–H and O–H groups in total. The second kappa shape index (κ2) is 5.53. The zero-order chi connectivity index (χ0) is 12.1. The molecular formula is C11H18N2O3. The number of hydrogen-bond acceptors (Lipinski definition) is 2. The third-order valence-corrected chi connectivity index (χ3v) is 2.52. The van der Waals surface area contributed by atoms with Crippen molar-refractivity contribution in [2.75, 3.05) is 19.6 Å². The van der Waals surface area contributed by atoms with E-state index < -0.39 is 5.97 Å². The quantitative estimate of drug-likeness (QED) is 0.691. The third kappa shape index (κ3) is 3.25. The van der Waals surface area contributed by atoms with Crippen LogP contribution in [0.15, 0.2) is 12.7 Å². The smallest absolute Gasteiger partial charge is 0.323 e. The average molecular weight is 226 g/mol. The summed E-state index contributed by atoms with van der Waals surface area (Å²) in [6.45, 7) is 6.06. The van der Waals surface area contributed by atoms with Gasteiger partial charge in [0.2, 0.25) is 0 Å². The van der Waals surface area contributed by atoms with E-state index in [9.17, 15) is 9.59 Å². The van der Waals surface area contributed by atoms with Crippen LogP contribution in [0.25, 0.3) is 0 Å². The number of hydrogen-bond donors (Lipinski definition) is 1. The Hall–Kier alpha value is -1.52. The normalized spacial score (nSPS) is 14.3. The van der Waals surface area contributed by atoms with Crippen molar-refractivity contribution in [2.24, 2.45) is 0 Å². The van der Waals surface area contributed by atoms with E-state index in [2.05, 4.69) is 6.58 Å². The first-order valence-corrected chi connectivity index (χ1v) is 5.48. The molecule has 5 heteroatoms.